The molecule has 0 atom stereocenters. The first kappa shape index (κ1) is 16.8. The van der Waals surface area contributed by atoms with Gasteiger partial charge in [-0.2, -0.15) is 0 Å². The molecule has 0 aliphatic carbocycles. The van der Waals surface area contributed by atoms with Crippen molar-refractivity contribution in [2.75, 3.05) is 33.4 Å². The third kappa shape index (κ3) is 3.99. The molecular weight excluding hydrogens is 302 g/mol. The van der Waals surface area contributed by atoms with E-state index in [1.807, 2.05) is 12.1 Å². The van der Waals surface area contributed by atoms with Crippen molar-refractivity contribution >= 4 is 22.5 Å². The van der Waals surface area contributed by atoms with Crippen LogP contribution in [-0.2, 0) is 0 Å². The van der Waals surface area contributed by atoms with Crippen LogP contribution < -0.4 is 9.47 Å². The van der Waals surface area contributed by atoms with Crippen LogP contribution in [0.5, 0.6) is 11.5 Å². The van der Waals surface area contributed by atoms with Gasteiger partial charge in [0.25, 0.3) is 0 Å². The first-order chi connectivity index (χ1) is 10.7. The Morgan fingerprint density at radius 3 is 2.59 bits per heavy atom. The zero-order valence-electron chi connectivity index (χ0n) is 13.3. The van der Waals surface area contributed by atoms with E-state index in [4.69, 9.17) is 21.1 Å². The number of fused-ring (bicyclic) bond motifs is 1. The van der Waals surface area contributed by atoms with Crippen molar-refractivity contribution in [3.63, 3.8) is 0 Å². The van der Waals surface area contributed by atoms with Crippen LogP contribution in [0.3, 0.4) is 0 Å². The number of methoxy groups -OCH3 is 1. The van der Waals surface area contributed by atoms with Gasteiger partial charge in [-0.05, 0) is 25.6 Å². The number of rotatable bonds is 8. The molecule has 1 aromatic carbocycles. The van der Waals surface area contributed by atoms with Crippen molar-refractivity contribution in [3.8, 4) is 11.5 Å². The van der Waals surface area contributed by atoms with E-state index in [1.165, 1.54) is 6.33 Å². The zero-order chi connectivity index (χ0) is 15.9. The van der Waals surface area contributed by atoms with Gasteiger partial charge in [0.2, 0.25) is 0 Å². The van der Waals surface area contributed by atoms with Gasteiger partial charge in [-0.25, -0.2) is 9.97 Å². The van der Waals surface area contributed by atoms with E-state index in [1.54, 1.807) is 7.11 Å². The van der Waals surface area contributed by atoms with Crippen molar-refractivity contribution < 1.29 is 9.47 Å². The summed E-state index contributed by atoms with van der Waals surface area (Å²) in [6, 6.07) is 3.66. The molecule has 0 spiro atoms. The molecule has 6 heteroatoms. The third-order valence-electron chi connectivity index (χ3n) is 3.64. The summed E-state index contributed by atoms with van der Waals surface area (Å²) in [5, 5.41) is 1.17. The largest absolute Gasteiger partial charge is 0.493 e. The first-order valence-corrected chi connectivity index (χ1v) is 7.90. The fourth-order valence-electron chi connectivity index (χ4n) is 2.31. The first-order valence-electron chi connectivity index (χ1n) is 7.53. The molecule has 1 aromatic heterocycles. The Bertz CT molecular complexity index is 618. The summed E-state index contributed by atoms with van der Waals surface area (Å²) in [6.45, 7) is 8.12. The molecule has 0 aliphatic heterocycles. The standard InChI is InChI=1S/C16H22ClN3O2/c1-4-20(5-2)7-6-8-22-15-10-13-12(9-14(15)21-3)16(17)19-11-18-13/h9-11H,4-8H2,1-3H3. The summed E-state index contributed by atoms with van der Waals surface area (Å²) in [7, 11) is 1.61. The van der Waals surface area contributed by atoms with Crippen molar-refractivity contribution in [2.45, 2.75) is 20.3 Å². The lowest BCUT2D eigenvalue weighted by Gasteiger charge is -2.18. The Kier molecular flexibility index (Phi) is 6.21. The van der Waals surface area contributed by atoms with E-state index < -0.39 is 0 Å². The maximum absolute atomic E-state index is 6.08. The third-order valence-corrected chi connectivity index (χ3v) is 3.94. The average molecular weight is 324 g/mol. The molecule has 0 radical (unpaired) electrons. The minimum atomic E-state index is 0.413. The molecular formula is C16H22ClN3O2. The highest BCUT2D eigenvalue weighted by Crippen LogP contribution is 2.33. The van der Waals surface area contributed by atoms with Gasteiger partial charge in [0.05, 0.1) is 19.2 Å². The van der Waals surface area contributed by atoms with Crippen LogP contribution in [-0.4, -0.2) is 48.2 Å². The lowest BCUT2D eigenvalue weighted by Crippen LogP contribution is -2.25. The Morgan fingerprint density at radius 2 is 1.91 bits per heavy atom. The summed E-state index contributed by atoms with van der Waals surface area (Å²) in [4.78, 5) is 10.6. The van der Waals surface area contributed by atoms with Gasteiger partial charge in [0, 0.05) is 18.0 Å². The number of nitrogens with zero attached hydrogens (tertiary/aromatic N) is 3. The van der Waals surface area contributed by atoms with Crippen LogP contribution in [0, 0.1) is 0 Å². The topological polar surface area (TPSA) is 47.5 Å². The predicted octanol–water partition coefficient (Wildman–Crippen LogP) is 3.40. The lowest BCUT2D eigenvalue weighted by molar-refractivity contribution is 0.243. The SMILES string of the molecule is CCN(CC)CCCOc1cc2ncnc(Cl)c2cc1OC. The Labute approximate surface area is 136 Å². The second-order valence-electron chi connectivity index (χ2n) is 4.91. The number of ether oxygens (including phenoxy) is 2. The van der Waals surface area contributed by atoms with Crippen LogP contribution in [0.15, 0.2) is 18.5 Å². The number of hydrogen-bond acceptors (Lipinski definition) is 5. The molecule has 0 N–H and O–H groups in total. The average Bonchev–Trinajstić information content (AvgIpc) is 2.54. The normalized spacial score (nSPS) is 11.1. The van der Waals surface area contributed by atoms with E-state index in [0.29, 0.717) is 23.3 Å². The number of aromatic nitrogens is 2. The van der Waals surface area contributed by atoms with Crippen molar-refractivity contribution in [2.24, 2.45) is 0 Å². The van der Waals surface area contributed by atoms with E-state index in [9.17, 15) is 0 Å². The summed E-state index contributed by atoms with van der Waals surface area (Å²) in [6.07, 6.45) is 2.41. The van der Waals surface area contributed by atoms with E-state index >= 15 is 0 Å². The summed E-state index contributed by atoms with van der Waals surface area (Å²) >= 11 is 6.08. The quantitative estimate of drug-likeness (QED) is 0.550. The van der Waals surface area contributed by atoms with Crippen LogP contribution in [0.2, 0.25) is 5.15 Å². The second kappa shape index (κ2) is 8.15. The highest BCUT2D eigenvalue weighted by Gasteiger charge is 2.10. The van der Waals surface area contributed by atoms with E-state index in [0.717, 1.165) is 37.0 Å². The number of benzene rings is 1. The molecule has 22 heavy (non-hydrogen) atoms. The van der Waals surface area contributed by atoms with Gasteiger partial charge in [-0.1, -0.05) is 25.4 Å². The van der Waals surface area contributed by atoms with Crippen molar-refractivity contribution in [1.29, 1.82) is 0 Å². The summed E-state index contributed by atoms with van der Waals surface area (Å²) in [5.41, 5.74) is 0.750. The zero-order valence-corrected chi connectivity index (χ0v) is 14.1. The summed E-state index contributed by atoms with van der Waals surface area (Å²) in [5.74, 6) is 1.33. The number of hydrogen-bond donors (Lipinski definition) is 0. The Morgan fingerprint density at radius 1 is 1.14 bits per heavy atom. The summed E-state index contributed by atoms with van der Waals surface area (Å²) < 4.78 is 11.2. The fraction of sp³-hybridized carbons (Fsp3) is 0.500. The molecule has 120 valence electrons. The Balaban J connectivity index is 2.07. The van der Waals surface area contributed by atoms with Gasteiger partial charge in [0.1, 0.15) is 11.5 Å². The van der Waals surface area contributed by atoms with Crippen LogP contribution in [0.1, 0.15) is 20.3 Å². The molecule has 0 unspecified atom stereocenters. The monoisotopic (exact) mass is 323 g/mol. The van der Waals surface area contributed by atoms with Crippen molar-refractivity contribution in [1.82, 2.24) is 14.9 Å². The fourth-order valence-corrected chi connectivity index (χ4v) is 2.51. The number of halogens is 1. The van der Waals surface area contributed by atoms with Crippen LogP contribution in [0.25, 0.3) is 10.9 Å². The molecule has 2 rings (SSSR count). The molecule has 5 nitrogen and oxygen atoms in total. The smallest absolute Gasteiger partial charge is 0.163 e. The van der Waals surface area contributed by atoms with Crippen LogP contribution >= 0.6 is 11.6 Å². The van der Waals surface area contributed by atoms with E-state index in [2.05, 4.69) is 28.7 Å². The van der Waals surface area contributed by atoms with Gasteiger partial charge < -0.3 is 14.4 Å². The molecule has 0 aliphatic rings. The van der Waals surface area contributed by atoms with Gasteiger partial charge >= 0.3 is 0 Å². The maximum Gasteiger partial charge on any atom is 0.163 e. The van der Waals surface area contributed by atoms with Crippen LogP contribution in [0.4, 0.5) is 0 Å². The molecule has 1 heterocycles. The van der Waals surface area contributed by atoms with Gasteiger partial charge in [-0.15, -0.1) is 0 Å². The minimum absolute atomic E-state index is 0.413. The second-order valence-corrected chi connectivity index (χ2v) is 5.27. The highest BCUT2D eigenvalue weighted by atomic mass is 35.5. The highest BCUT2D eigenvalue weighted by molar-refractivity contribution is 6.34. The molecule has 2 aromatic rings. The van der Waals surface area contributed by atoms with Gasteiger partial charge in [-0.3, -0.25) is 0 Å². The molecule has 0 saturated heterocycles. The van der Waals surface area contributed by atoms with E-state index in [-0.39, 0.29) is 0 Å². The van der Waals surface area contributed by atoms with Crippen molar-refractivity contribution in [3.05, 3.63) is 23.6 Å². The molecule has 0 fully saturated rings. The molecule has 0 saturated carbocycles. The van der Waals surface area contributed by atoms with Gasteiger partial charge in [0.15, 0.2) is 11.5 Å². The predicted molar refractivity (Wildman–Crippen MR) is 89.0 cm³/mol. The maximum atomic E-state index is 6.08. The molecule has 0 bridgehead atoms. The lowest BCUT2D eigenvalue weighted by atomic mass is 10.2. The molecule has 0 amide bonds. The minimum Gasteiger partial charge on any atom is -0.493 e. The Hall–Kier alpha value is -1.59.